The topological polar surface area (TPSA) is 35.5 Å². The number of esters is 1. The summed E-state index contributed by atoms with van der Waals surface area (Å²) in [6, 6.07) is 9.92. The molecule has 7 heteroatoms. The van der Waals surface area contributed by atoms with Gasteiger partial charge >= 0.3 is 5.97 Å². The van der Waals surface area contributed by atoms with E-state index in [1.807, 2.05) is 0 Å². The van der Waals surface area contributed by atoms with Crippen LogP contribution in [0, 0.1) is 0 Å². The van der Waals surface area contributed by atoms with E-state index < -0.39 is 11.9 Å². The molecule has 0 aliphatic heterocycles. The van der Waals surface area contributed by atoms with Crippen molar-refractivity contribution in [2.75, 3.05) is 13.7 Å². The van der Waals surface area contributed by atoms with E-state index in [0.717, 1.165) is 0 Å². The summed E-state index contributed by atoms with van der Waals surface area (Å²) in [5, 5.41) is 1.83. The van der Waals surface area contributed by atoms with Crippen LogP contribution in [0.15, 0.2) is 36.4 Å². The molecule has 0 amide bonds. The van der Waals surface area contributed by atoms with Gasteiger partial charge in [0.05, 0.1) is 24.7 Å². The van der Waals surface area contributed by atoms with E-state index in [1.165, 1.54) is 7.11 Å². The number of carbonyl (C=O) groups is 1. The summed E-state index contributed by atoms with van der Waals surface area (Å²) in [5.41, 5.74) is 0.638. The molecule has 0 heterocycles. The molecule has 0 N–H and O–H groups in total. The third-order valence-corrected chi connectivity index (χ3v) is 4.47. The van der Waals surface area contributed by atoms with Gasteiger partial charge < -0.3 is 9.47 Å². The fourth-order valence-electron chi connectivity index (χ4n) is 2.21. The molecule has 2 aromatic rings. The zero-order chi connectivity index (χ0) is 17.7. The summed E-state index contributed by atoms with van der Waals surface area (Å²) in [4.78, 5) is 12.1. The van der Waals surface area contributed by atoms with E-state index >= 15 is 0 Å². The quantitative estimate of drug-likeness (QED) is 0.548. The number of halogens is 4. The second kappa shape index (κ2) is 8.82. The van der Waals surface area contributed by atoms with E-state index in [9.17, 15) is 4.79 Å². The molecule has 1 atom stereocenters. The van der Waals surface area contributed by atoms with Crippen molar-refractivity contribution in [3.8, 4) is 5.75 Å². The van der Waals surface area contributed by atoms with E-state index in [1.54, 1.807) is 36.4 Å². The first kappa shape index (κ1) is 19.2. The Labute approximate surface area is 160 Å². The fraction of sp³-hybridized carbons (Fsp3) is 0.235. The first-order valence-electron chi connectivity index (χ1n) is 7.03. The van der Waals surface area contributed by atoms with Gasteiger partial charge in [0.15, 0.2) is 0 Å². The number of rotatable bonds is 6. The molecule has 0 spiro atoms. The van der Waals surface area contributed by atoms with Crippen LogP contribution in [-0.4, -0.2) is 19.7 Å². The number of hydrogen-bond acceptors (Lipinski definition) is 3. The molecular weight excluding hydrogens is 394 g/mol. The molecule has 0 aromatic heterocycles. The van der Waals surface area contributed by atoms with Crippen LogP contribution >= 0.6 is 46.4 Å². The molecule has 0 saturated carbocycles. The Bertz CT molecular complexity index is 734. The summed E-state index contributed by atoms with van der Waals surface area (Å²) < 4.78 is 10.5. The van der Waals surface area contributed by atoms with Crippen molar-refractivity contribution in [1.82, 2.24) is 0 Å². The lowest BCUT2D eigenvalue weighted by Gasteiger charge is -2.17. The van der Waals surface area contributed by atoms with Gasteiger partial charge in [-0.1, -0.05) is 52.5 Å². The Hall–Kier alpha value is -1.13. The summed E-state index contributed by atoms with van der Waals surface area (Å²) in [5.74, 6) is -0.470. The molecule has 0 bridgehead atoms. The number of benzene rings is 2. The smallest absolute Gasteiger partial charge is 0.313 e. The van der Waals surface area contributed by atoms with Crippen LogP contribution in [0.1, 0.15) is 17.9 Å². The lowest BCUT2D eigenvalue weighted by molar-refractivity contribution is -0.142. The fourth-order valence-corrected chi connectivity index (χ4v) is 3.21. The van der Waals surface area contributed by atoms with Crippen LogP contribution in [0.25, 0.3) is 0 Å². The first-order chi connectivity index (χ1) is 11.4. The average Bonchev–Trinajstić information content (AvgIpc) is 2.53. The van der Waals surface area contributed by atoms with E-state index in [-0.39, 0.29) is 6.61 Å². The Balaban J connectivity index is 2.11. The Kier molecular flexibility index (Phi) is 7.05. The SMILES string of the molecule is COC(=O)[C@H](CCOc1ccc(Cl)cc1Cl)c1ccc(Cl)cc1Cl. The predicted molar refractivity (Wildman–Crippen MR) is 97.8 cm³/mol. The largest absolute Gasteiger partial charge is 0.492 e. The Morgan fingerprint density at radius 2 is 1.62 bits per heavy atom. The van der Waals surface area contributed by atoms with Crippen LogP contribution in [0.2, 0.25) is 20.1 Å². The minimum Gasteiger partial charge on any atom is -0.492 e. The summed E-state index contributed by atoms with van der Waals surface area (Å²) in [6.07, 6.45) is 0.368. The second-order valence-corrected chi connectivity index (χ2v) is 6.64. The van der Waals surface area contributed by atoms with Crippen LogP contribution in [0.4, 0.5) is 0 Å². The van der Waals surface area contributed by atoms with E-state index in [2.05, 4.69) is 0 Å². The van der Waals surface area contributed by atoms with Crippen LogP contribution in [-0.2, 0) is 9.53 Å². The highest BCUT2D eigenvalue weighted by atomic mass is 35.5. The highest BCUT2D eigenvalue weighted by Gasteiger charge is 2.24. The van der Waals surface area contributed by atoms with Crippen molar-refractivity contribution in [3.05, 3.63) is 62.1 Å². The van der Waals surface area contributed by atoms with Gasteiger partial charge in [-0.3, -0.25) is 4.79 Å². The van der Waals surface area contributed by atoms with Gasteiger partial charge in [0.2, 0.25) is 0 Å². The van der Waals surface area contributed by atoms with Gasteiger partial charge in [-0.2, -0.15) is 0 Å². The van der Waals surface area contributed by atoms with Gasteiger partial charge in [0.25, 0.3) is 0 Å². The molecule has 0 fully saturated rings. The lowest BCUT2D eigenvalue weighted by Crippen LogP contribution is -2.17. The number of methoxy groups -OCH3 is 1. The van der Waals surface area contributed by atoms with Crippen molar-refractivity contribution < 1.29 is 14.3 Å². The highest BCUT2D eigenvalue weighted by molar-refractivity contribution is 6.36. The molecule has 0 unspecified atom stereocenters. The average molecular weight is 408 g/mol. The monoisotopic (exact) mass is 406 g/mol. The Morgan fingerprint density at radius 1 is 1.00 bits per heavy atom. The number of hydrogen-bond donors (Lipinski definition) is 0. The molecule has 0 aliphatic rings. The zero-order valence-electron chi connectivity index (χ0n) is 12.7. The maximum Gasteiger partial charge on any atom is 0.313 e. The zero-order valence-corrected chi connectivity index (χ0v) is 15.7. The Morgan fingerprint density at radius 3 is 2.21 bits per heavy atom. The van der Waals surface area contributed by atoms with Crippen molar-refractivity contribution in [3.63, 3.8) is 0 Å². The standard InChI is InChI=1S/C17H14Cl4O3/c1-23-17(22)13(12-4-2-10(18)8-14(12)20)6-7-24-16-5-3-11(19)9-15(16)21/h2-5,8-9,13H,6-7H2,1H3/t13-/m1/s1. The normalized spacial score (nSPS) is 11.9. The summed E-state index contributed by atoms with van der Waals surface area (Å²) >= 11 is 24.0. The van der Waals surface area contributed by atoms with Crippen LogP contribution in [0.3, 0.4) is 0 Å². The van der Waals surface area contributed by atoms with Crippen LogP contribution in [0.5, 0.6) is 5.75 Å². The minimum atomic E-state index is -0.564. The predicted octanol–water partition coefficient (Wildman–Crippen LogP) is 6.03. The van der Waals surface area contributed by atoms with E-state index in [0.29, 0.717) is 37.8 Å². The van der Waals surface area contributed by atoms with Gasteiger partial charge in [-0.15, -0.1) is 0 Å². The van der Waals surface area contributed by atoms with Gasteiger partial charge in [0, 0.05) is 15.1 Å². The third kappa shape index (κ3) is 4.93. The molecule has 2 aromatic carbocycles. The summed E-state index contributed by atoms with van der Waals surface area (Å²) in [6.45, 7) is 0.250. The molecule has 3 nitrogen and oxygen atoms in total. The van der Waals surface area contributed by atoms with Crippen molar-refractivity contribution in [1.29, 1.82) is 0 Å². The molecular formula is C17H14Cl4O3. The highest BCUT2D eigenvalue weighted by Crippen LogP contribution is 2.32. The van der Waals surface area contributed by atoms with Crippen molar-refractivity contribution >= 4 is 52.4 Å². The van der Waals surface area contributed by atoms with Crippen molar-refractivity contribution in [2.24, 2.45) is 0 Å². The third-order valence-electron chi connectivity index (χ3n) is 3.38. The molecule has 0 radical (unpaired) electrons. The van der Waals surface area contributed by atoms with Gasteiger partial charge in [-0.25, -0.2) is 0 Å². The molecule has 0 aliphatic carbocycles. The maximum atomic E-state index is 12.1. The molecule has 128 valence electrons. The lowest BCUT2D eigenvalue weighted by atomic mass is 9.96. The first-order valence-corrected chi connectivity index (χ1v) is 8.54. The van der Waals surface area contributed by atoms with Gasteiger partial charge in [-0.05, 0) is 42.3 Å². The van der Waals surface area contributed by atoms with Gasteiger partial charge in [0.1, 0.15) is 5.75 Å². The number of carbonyl (C=O) groups excluding carboxylic acids is 1. The molecule has 0 saturated heterocycles. The minimum absolute atomic E-state index is 0.250. The summed E-state index contributed by atoms with van der Waals surface area (Å²) in [7, 11) is 1.33. The second-order valence-electron chi connectivity index (χ2n) is 4.95. The van der Waals surface area contributed by atoms with E-state index in [4.69, 9.17) is 55.9 Å². The van der Waals surface area contributed by atoms with Crippen LogP contribution < -0.4 is 4.74 Å². The van der Waals surface area contributed by atoms with Crippen molar-refractivity contribution in [2.45, 2.75) is 12.3 Å². The number of ether oxygens (including phenoxy) is 2. The molecule has 2 rings (SSSR count). The molecule has 24 heavy (non-hydrogen) atoms. The maximum absolute atomic E-state index is 12.1.